The first-order chi connectivity index (χ1) is 9.63. The normalized spacial score (nSPS) is 17.4. The Bertz CT molecular complexity index is 504. The molecule has 4 N–H and O–H groups in total. The molecule has 0 saturated carbocycles. The van der Waals surface area contributed by atoms with Crippen molar-refractivity contribution in [3.05, 3.63) is 35.4 Å². The highest BCUT2D eigenvalue weighted by atomic mass is 16.4. The zero-order chi connectivity index (χ0) is 14.5. The average molecular weight is 277 g/mol. The van der Waals surface area contributed by atoms with Gasteiger partial charge in [-0.25, -0.2) is 4.79 Å². The highest BCUT2D eigenvalue weighted by molar-refractivity contribution is 5.80. The van der Waals surface area contributed by atoms with Gasteiger partial charge in [-0.2, -0.15) is 0 Å². The van der Waals surface area contributed by atoms with Crippen LogP contribution in [0.1, 0.15) is 23.5 Å². The van der Waals surface area contributed by atoms with Crippen LogP contribution in [-0.4, -0.2) is 41.6 Å². The molecule has 0 aliphatic carbocycles. The third-order valence-corrected chi connectivity index (χ3v) is 3.44. The van der Waals surface area contributed by atoms with Crippen molar-refractivity contribution in [3.8, 4) is 0 Å². The molecule has 2 amide bonds. The van der Waals surface area contributed by atoms with Crippen LogP contribution in [0.15, 0.2) is 24.3 Å². The predicted octanol–water partition coefficient (Wildman–Crippen LogP) is 0.729. The molecule has 108 valence electrons. The first-order valence-corrected chi connectivity index (χ1v) is 6.67. The standard InChI is InChI=1S/C14H19N3O3/c15-6-3-7-16-14(20)17-8-10-4-1-2-5-11(10)12(9-17)13(18)19/h1-2,4-5,12H,3,6-9,15H2,(H,16,20)(H,18,19). The average Bonchev–Trinajstić information content (AvgIpc) is 2.46. The Labute approximate surface area is 117 Å². The molecule has 1 aliphatic heterocycles. The van der Waals surface area contributed by atoms with Crippen molar-refractivity contribution in [3.63, 3.8) is 0 Å². The van der Waals surface area contributed by atoms with E-state index in [0.717, 1.165) is 11.1 Å². The summed E-state index contributed by atoms with van der Waals surface area (Å²) in [4.78, 5) is 24.9. The van der Waals surface area contributed by atoms with E-state index in [1.807, 2.05) is 24.3 Å². The molecule has 6 nitrogen and oxygen atoms in total. The van der Waals surface area contributed by atoms with Crippen molar-refractivity contribution in [2.45, 2.75) is 18.9 Å². The summed E-state index contributed by atoms with van der Waals surface area (Å²) in [6.45, 7) is 1.65. The van der Waals surface area contributed by atoms with Gasteiger partial charge in [0, 0.05) is 19.6 Å². The minimum atomic E-state index is -0.906. The number of carbonyl (C=O) groups is 2. The number of hydrogen-bond donors (Lipinski definition) is 3. The van der Waals surface area contributed by atoms with E-state index in [1.165, 1.54) is 4.90 Å². The molecule has 0 fully saturated rings. The summed E-state index contributed by atoms with van der Waals surface area (Å²) < 4.78 is 0. The van der Waals surface area contributed by atoms with Crippen LogP contribution in [0.4, 0.5) is 4.79 Å². The number of nitrogens with two attached hydrogens (primary N) is 1. The van der Waals surface area contributed by atoms with E-state index in [-0.39, 0.29) is 12.6 Å². The van der Waals surface area contributed by atoms with Crippen LogP contribution in [0.5, 0.6) is 0 Å². The zero-order valence-electron chi connectivity index (χ0n) is 11.2. The second-order valence-electron chi connectivity index (χ2n) is 4.84. The number of carbonyl (C=O) groups excluding carboxylic acids is 1. The molecular weight excluding hydrogens is 258 g/mol. The topological polar surface area (TPSA) is 95.7 Å². The van der Waals surface area contributed by atoms with Gasteiger partial charge in [0.05, 0.1) is 5.92 Å². The minimum Gasteiger partial charge on any atom is -0.481 e. The number of amides is 2. The van der Waals surface area contributed by atoms with Crippen LogP contribution < -0.4 is 11.1 Å². The summed E-state index contributed by atoms with van der Waals surface area (Å²) in [6.07, 6.45) is 0.707. The van der Waals surface area contributed by atoms with Gasteiger partial charge in [0.1, 0.15) is 0 Å². The van der Waals surface area contributed by atoms with Gasteiger partial charge in [-0.1, -0.05) is 24.3 Å². The summed E-state index contributed by atoms with van der Waals surface area (Å²) in [7, 11) is 0. The van der Waals surface area contributed by atoms with Crippen LogP contribution >= 0.6 is 0 Å². The fourth-order valence-electron chi connectivity index (χ4n) is 2.38. The first kappa shape index (κ1) is 14.3. The maximum atomic E-state index is 12.0. The second kappa shape index (κ2) is 6.38. The van der Waals surface area contributed by atoms with Crippen LogP contribution in [0.3, 0.4) is 0 Å². The molecule has 0 spiro atoms. The number of benzene rings is 1. The van der Waals surface area contributed by atoms with Crippen LogP contribution in [-0.2, 0) is 11.3 Å². The van der Waals surface area contributed by atoms with E-state index in [2.05, 4.69) is 5.32 Å². The van der Waals surface area contributed by atoms with E-state index in [0.29, 0.717) is 26.1 Å². The van der Waals surface area contributed by atoms with Gasteiger partial charge in [0.2, 0.25) is 0 Å². The summed E-state index contributed by atoms with van der Waals surface area (Å²) in [5.74, 6) is -1.57. The fraction of sp³-hybridized carbons (Fsp3) is 0.429. The lowest BCUT2D eigenvalue weighted by Gasteiger charge is -2.32. The molecule has 2 rings (SSSR count). The molecule has 0 bridgehead atoms. The SMILES string of the molecule is NCCCNC(=O)N1Cc2ccccc2C(C(=O)O)C1. The lowest BCUT2D eigenvalue weighted by atomic mass is 9.90. The first-order valence-electron chi connectivity index (χ1n) is 6.67. The van der Waals surface area contributed by atoms with E-state index >= 15 is 0 Å². The Morgan fingerprint density at radius 2 is 2.15 bits per heavy atom. The number of nitrogens with zero attached hydrogens (tertiary/aromatic N) is 1. The number of carboxylic acids is 1. The third-order valence-electron chi connectivity index (χ3n) is 3.44. The number of rotatable bonds is 4. The Morgan fingerprint density at radius 3 is 2.85 bits per heavy atom. The number of aliphatic carboxylic acids is 1. The van der Waals surface area contributed by atoms with Crippen molar-refractivity contribution < 1.29 is 14.7 Å². The smallest absolute Gasteiger partial charge is 0.317 e. The minimum absolute atomic E-state index is 0.195. The zero-order valence-corrected chi connectivity index (χ0v) is 11.2. The van der Waals surface area contributed by atoms with Gasteiger partial charge < -0.3 is 21.1 Å². The Hall–Kier alpha value is -2.08. The van der Waals surface area contributed by atoms with E-state index in [1.54, 1.807) is 0 Å². The summed E-state index contributed by atoms with van der Waals surface area (Å²) in [6, 6.07) is 7.13. The fourth-order valence-corrected chi connectivity index (χ4v) is 2.38. The molecule has 0 saturated heterocycles. The van der Waals surface area contributed by atoms with Crippen molar-refractivity contribution in [1.29, 1.82) is 0 Å². The Balaban J connectivity index is 2.12. The molecule has 1 heterocycles. The van der Waals surface area contributed by atoms with E-state index < -0.39 is 11.9 Å². The highest BCUT2D eigenvalue weighted by Gasteiger charge is 2.32. The quantitative estimate of drug-likeness (QED) is 0.707. The van der Waals surface area contributed by atoms with Crippen LogP contribution in [0, 0.1) is 0 Å². The number of fused-ring (bicyclic) bond motifs is 1. The van der Waals surface area contributed by atoms with Crippen molar-refractivity contribution >= 4 is 12.0 Å². The molecule has 0 radical (unpaired) electrons. The van der Waals surface area contributed by atoms with E-state index in [9.17, 15) is 14.7 Å². The van der Waals surface area contributed by atoms with Gasteiger partial charge in [0.25, 0.3) is 0 Å². The molecular formula is C14H19N3O3. The molecule has 6 heteroatoms. The van der Waals surface area contributed by atoms with Crippen molar-refractivity contribution in [1.82, 2.24) is 10.2 Å². The number of hydrogen-bond acceptors (Lipinski definition) is 3. The molecule has 1 atom stereocenters. The van der Waals surface area contributed by atoms with Gasteiger partial charge in [-0.15, -0.1) is 0 Å². The van der Waals surface area contributed by atoms with Gasteiger partial charge >= 0.3 is 12.0 Å². The molecule has 1 aliphatic rings. The number of urea groups is 1. The largest absolute Gasteiger partial charge is 0.481 e. The molecule has 20 heavy (non-hydrogen) atoms. The van der Waals surface area contributed by atoms with Crippen LogP contribution in [0.25, 0.3) is 0 Å². The van der Waals surface area contributed by atoms with Crippen LogP contribution in [0.2, 0.25) is 0 Å². The molecule has 1 aromatic carbocycles. The van der Waals surface area contributed by atoms with Gasteiger partial charge in [0.15, 0.2) is 0 Å². The maximum absolute atomic E-state index is 12.0. The highest BCUT2D eigenvalue weighted by Crippen LogP contribution is 2.28. The molecule has 0 aromatic heterocycles. The third kappa shape index (κ3) is 3.08. The lowest BCUT2D eigenvalue weighted by Crippen LogP contribution is -2.46. The number of nitrogens with one attached hydrogen (secondary N) is 1. The van der Waals surface area contributed by atoms with Crippen molar-refractivity contribution in [2.75, 3.05) is 19.6 Å². The summed E-state index contributed by atoms with van der Waals surface area (Å²) in [5, 5.41) is 12.1. The second-order valence-corrected chi connectivity index (χ2v) is 4.84. The number of carboxylic acid groups (broad SMARTS) is 1. The predicted molar refractivity (Wildman–Crippen MR) is 74.3 cm³/mol. The monoisotopic (exact) mass is 277 g/mol. The Morgan fingerprint density at radius 1 is 1.40 bits per heavy atom. The summed E-state index contributed by atoms with van der Waals surface area (Å²) >= 11 is 0. The molecule has 1 aromatic rings. The van der Waals surface area contributed by atoms with E-state index in [4.69, 9.17) is 5.73 Å². The maximum Gasteiger partial charge on any atom is 0.317 e. The lowest BCUT2D eigenvalue weighted by molar-refractivity contribution is -0.139. The van der Waals surface area contributed by atoms with Gasteiger partial charge in [-0.05, 0) is 24.1 Å². The van der Waals surface area contributed by atoms with Crippen molar-refractivity contribution in [2.24, 2.45) is 5.73 Å². The molecule has 1 unspecified atom stereocenters. The Kier molecular flexibility index (Phi) is 4.57. The van der Waals surface area contributed by atoms with Gasteiger partial charge in [-0.3, -0.25) is 4.79 Å². The summed E-state index contributed by atoms with van der Waals surface area (Å²) in [5.41, 5.74) is 7.06.